The highest BCUT2D eigenvalue weighted by molar-refractivity contribution is 7.94. The number of carbonyl (C=O) groups is 1. The van der Waals surface area contributed by atoms with Gasteiger partial charge in [-0.3, -0.25) is 18.9 Å². The number of nitrogens with one attached hydrogen (secondary N) is 2. The predicted molar refractivity (Wildman–Crippen MR) is 218 cm³/mol. The number of sulfonamides is 1. The minimum atomic E-state index is -4.00. The van der Waals surface area contributed by atoms with E-state index in [9.17, 15) is 48.0 Å². The topological polar surface area (TPSA) is 158 Å². The number of carbonyl (C=O) groups excluding carboxylic acids is 1. The molecule has 22 heteroatoms. The van der Waals surface area contributed by atoms with Gasteiger partial charge in [0.05, 0.1) is 28.3 Å². The molecule has 3 heterocycles. The number of sulfone groups is 1. The number of alkyl halides is 6. The van der Waals surface area contributed by atoms with E-state index in [0.717, 1.165) is 16.8 Å². The average Bonchev–Trinajstić information content (AvgIpc) is 4.13. The van der Waals surface area contributed by atoms with E-state index in [1.807, 2.05) is 0 Å². The number of para-hydroxylation sites is 1. The van der Waals surface area contributed by atoms with Crippen LogP contribution in [0.2, 0.25) is 0 Å². The van der Waals surface area contributed by atoms with Crippen LogP contribution in [0.3, 0.4) is 0 Å². The van der Waals surface area contributed by atoms with E-state index in [1.54, 1.807) is 0 Å². The molecule has 3 aliphatic rings. The highest BCUT2D eigenvalue weighted by Crippen LogP contribution is 2.68. The highest BCUT2D eigenvalue weighted by atomic mass is 32.2. The molecule has 3 atom stereocenters. The Morgan fingerprint density at radius 1 is 0.953 bits per heavy atom. The molecule has 5 aromatic rings. The van der Waals surface area contributed by atoms with Crippen molar-refractivity contribution in [3.8, 4) is 23.0 Å². The maximum Gasteiger partial charge on any atom is 0.293 e. The Balaban J connectivity index is 1.30. The fourth-order valence-corrected chi connectivity index (χ4v) is 10.6. The summed E-state index contributed by atoms with van der Waals surface area (Å²) >= 11 is 0. The summed E-state index contributed by atoms with van der Waals surface area (Å²) in [6, 6.07) is 8.09. The lowest BCUT2D eigenvalue weighted by molar-refractivity contribution is -0.123. The van der Waals surface area contributed by atoms with Gasteiger partial charge in [0, 0.05) is 34.1 Å². The summed E-state index contributed by atoms with van der Waals surface area (Å²) in [5, 5.41) is 9.98. The molecular weight excluding hydrogens is 899 g/mol. The van der Waals surface area contributed by atoms with E-state index in [0.29, 0.717) is 23.6 Å². The first-order valence-electron chi connectivity index (χ1n) is 20.1. The summed E-state index contributed by atoms with van der Waals surface area (Å²) in [6.45, 7) is 2.14. The van der Waals surface area contributed by atoms with Crippen molar-refractivity contribution in [3.63, 3.8) is 0 Å². The predicted octanol–water partition coefficient (Wildman–Crippen LogP) is 7.55. The fraction of sp³-hybridized carbons (Fsp3) is 0.429. The minimum absolute atomic E-state index is 0.0316. The Labute approximate surface area is 361 Å². The number of halogens is 8. The molecule has 0 saturated heterocycles. The number of anilines is 1. The standard InChI is InChI=1S/C42H39F8N7O5S2/c1-4-63(59,60)55-40-28-7-5-6-27(37(28)56(54-40)19-32(45)46)26-11-8-24(12-13-41(2,3)64(61,62)25-9-10-25)51-35(26)31(16-21-14-22(43)17-23(44)15-21)52-33(58)20-57-38-34(36(53-57)39(47)48)29-18-30(29)42(38,49)50/h5-8,11,14-15,17,25,29-32,39H,4,9-10,16,18-20H2,1-3H3,(H,52,58)(H,54,55)/t29-,30+,31-/m0/s1. The van der Waals surface area contributed by atoms with Crippen molar-refractivity contribution in [3.05, 3.63) is 94.1 Å². The first-order valence-corrected chi connectivity index (χ1v) is 23.3. The Kier molecular flexibility index (Phi) is 11.4. The Morgan fingerprint density at radius 3 is 2.30 bits per heavy atom. The summed E-state index contributed by atoms with van der Waals surface area (Å²) in [5.41, 5.74) is -2.23. The van der Waals surface area contributed by atoms with Crippen molar-refractivity contribution in [1.82, 2.24) is 29.9 Å². The number of rotatable bonds is 15. The quantitative estimate of drug-likeness (QED) is 0.0805. The van der Waals surface area contributed by atoms with Crippen LogP contribution in [-0.2, 0) is 50.1 Å². The van der Waals surface area contributed by atoms with E-state index in [1.165, 1.54) is 51.1 Å². The molecule has 0 spiro atoms. The molecule has 2 fully saturated rings. The summed E-state index contributed by atoms with van der Waals surface area (Å²) < 4.78 is 171. The zero-order valence-corrected chi connectivity index (χ0v) is 35.8. The summed E-state index contributed by atoms with van der Waals surface area (Å²) in [7, 11) is -7.73. The van der Waals surface area contributed by atoms with Gasteiger partial charge in [-0.2, -0.15) is 19.0 Å². The molecule has 2 N–H and O–H groups in total. The second-order valence-electron chi connectivity index (χ2n) is 16.5. The van der Waals surface area contributed by atoms with E-state index >= 15 is 8.78 Å². The van der Waals surface area contributed by atoms with Crippen LogP contribution in [0, 0.1) is 29.4 Å². The summed E-state index contributed by atoms with van der Waals surface area (Å²) in [6.07, 6.45) is -5.82. The van der Waals surface area contributed by atoms with Crippen LogP contribution in [0.15, 0.2) is 48.5 Å². The first-order chi connectivity index (χ1) is 30.0. The van der Waals surface area contributed by atoms with Gasteiger partial charge in [0.1, 0.15) is 46.6 Å². The third-order valence-corrected chi connectivity index (χ3v) is 15.7. The monoisotopic (exact) mass is 937 g/mol. The zero-order chi connectivity index (χ0) is 46.3. The molecular formula is C42H39F8N7O5S2. The second kappa shape index (κ2) is 16.2. The van der Waals surface area contributed by atoms with Gasteiger partial charge in [0.15, 0.2) is 15.7 Å². The molecule has 0 aliphatic heterocycles. The smallest absolute Gasteiger partial charge is 0.293 e. The SMILES string of the molecule is CCS(=O)(=O)Nc1nn(CC(F)F)c2c(-c3ccc(C#CC(C)(C)S(=O)(=O)C4CC4)nc3[C@H](Cc3cc(F)cc(F)c3)NC(=O)Cn3nc(C(F)F)c4c3C(F)(F)[C@@H]3C[C@H]43)cccc12. The van der Waals surface area contributed by atoms with E-state index in [-0.39, 0.29) is 56.8 Å². The van der Waals surface area contributed by atoms with Crippen molar-refractivity contribution < 1.29 is 56.8 Å². The van der Waals surface area contributed by atoms with Gasteiger partial charge in [0.25, 0.3) is 18.8 Å². The molecule has 64 heavy (non-hydrogen) atoms. The van der Waals surface area contributed by atoms with Crippen LogP contribution in [-0.4, -0.2) is 69.5 Å². The number of amides is 1. The lowest BCUT2D eigenvalue weighted by atomic mass is 9.93. The molecule has 0 unspecified atom stereocenters. The Morgan fingerprint density at radius 2 is 1.66 bits per heavy atom. The fourth-order valence-electron chi connectivity index (χ4n) is 8.26. The Bertz CT molecular complexity index is 2980. The van der Waals surface area contributed by atoms with E-state index in [4.69, 9.17) is 4.98 Å². The average molecular weight is 938 g/mol. The van der Waals surface area contributed by atoms with Crippen LogP contribution in [0.1, 0.15) is 92.3 Å². The largest absolute Gasteiger partial charge is 0.346 e. The van der Waals surface area contributed by atoms with Crippen molar-refractivity contribution in [2.24, 2.45) is 5.92 Å². The molecule has 8 rings (SSSR count). The second-order valence-corrected chi connectivity index (χ2v) is 21.3. The maximum atomic E-state index is 15.5. The number of aromatic nitrogens is 5. The summed E-state index contributed by atoms with van der Waals surface area (Å²) in [5.74, 6) is -3.96. The van der Waals surface area contributed by atoms with E-state index in [2.05, 4.69) is 32.1 Å². The third kappa shape index (κ3) is 8.43. The highest BCUT2D eigenvalue weighted by Gasteiger charge is 2.67. The zero-order valence-electron chi connectivity index (χ0n) is 34.2. The molecule has 1 amide bonds. The molecule has 2 saturated carbocycles. The molecule has 0 bridgehead atoms. The number of fused-ring (bicyclic) bond motifs is 4. The number of nitrogens with zero attached hydrogens (tertiary/aromatic N) is 5. The lowest BCUT2D eigenvalue weighted by Crippen LogP contribution is -2.35. The van der Waals surface area contributed by atoms with Gasteiger partial charge in [-0.05, 0) is 94.2 Å². The van der Waals surface area contributed by atoms with Gasteiger partial charge in [-0.15, -0.1) is 0 Å². The third-order valence-electron chi connectivity index (χ3n) is 11.6. The molecule has 340 valence electrons. The van der Waals surface area contributed by atoms with Crippen LogP contribution in [0.25, 0.3) is 22.0 Å². The van der Waals surface area contributed by atoms with E-state index < -0.39 is 121 Å². The van der Waals surface area contributed by atoms with Crippen LogP contribution in [0.5, 0.6) is 0 Å². The van der Waals surface area contributed by atoms with Crippen molar-refractivity contribution in [2.75, 3.05) is 10.5 Å². The molecule has 3 aromatic heterocycles. The number of hydrogen-bond donors (Lipinski definition) is 2. The van der Waals surface area contributed by atoms with Crippen LogP contribution < -0.4 is 10.0 Å². The normalized spacial score (nSPS) is 18.5. The maximum absolute atomic E-state index is 15.5. The van der Waals surface area contributed by atoms with Gasteiger partial charge in [-0.1, -0.05) is 18.1 Å². The van der Waals surface area contributed by atoms with Gasteiger partial charge in [0.2, 0.25) is 15.9 Å². The van der Waals surface area contributed by atoms with Crippen molar-refractivity contribution >= 4 is 42.5 Å². The van der Waals surface area contributed by atoms with Gasteiger partial charge in [-0.25, -0.2) is 48.2 Å². The van der Waals surface area contributed by atoms with Crippen molar-refractivity contribution in [2.45, 2.75) is 100 Å². The summed E-state index contributed by atoms with van der Waals surface area (Å²) in [4.78, 5) is 18.8. The van der Waals surface area contributed by atoms with Gasteiger partial charge < -0.3 is 5.32 Å². The molecule has 12 nitrogen and oxygen atoms in total. The van der Waals surface area contributed by atoms with Crippen molar-refractivity contribution in [1.29, 1.82) is 0 Å². The molecule has 2 aromatic carbocycles. The first kappa shape index (κ1) is 45.0. The van der Waals surface area contributed by atoms with Gasteiger partial charge >= 0.3 is 0 Å². The number of pyridine rings is 1. The number of benzene rings is 2. The lowest BCUT2D eigenvalue weighted by Gasteiger charge is -2.23. The molecule has 3 aliphatic carbocycles. The van der Waals surface area contributed by atoms with Crippen LogP contribution >= 0.6 is 0 Å². The number of hydrogen-bond acceptors (Lipinski definition) is 8. The van der Waals surface area contributed by atoms with Crippen LogP contribution in [0.4, 0.5) is 40.9 Å². The Hall–Kier alpha value is -5.56. The minimum Gasteiger partial charge on any atom is -0.346 e. The molecule has 0 radical (unpaired) electrons.